The summed E-state index contributed by atoms with van der Waals surface area (Å²) in [5, 5.41) is 2.62. The number of likely N-dealkylation sites (N-methyl/N-ethyl adjacent to an activating group) is 1. The molecule has 2 rings (SSSR count). The summed E-state index contributed by atoms with van der Waals surface area (Å²) in [5.41, 5.74) is 8.22. The first-order valence-electron chi connectivity index (χ1n) is 4.34. The Morgan fingerprint density at radius 2 is 2.29 bits per heavy atom. The van der Waals surface area contributed by atoms with Gasteiger partial charge in [-0.25, -0.2) is 4.79 Å². The largest absolute Gasteiger partial charge is 0.379 e. The molecule has 0 saturated carbocycles. The van der Waals surface area contributed by atoms with Gasteiger partial charge in [0.25, 0.3) is 0 Å². The van der Waals surface area contributed by atoms with Gasteiger partial charge >= 0.3 is 6.03 Å². The molecule has 0 bridgehead atoms. The van der Waals surface area contributed by atoms with E-state index in [2.05, 4.69) is 10.3 Å². The standard InChI is InChI=1S/C9H12N4O/c1-13(2)8-4-7-6(3-5(8)10)11-9(14)12-7/h3-5H,10H2,1-2H3,(H,11,14). The lowest BCUT2D eigenvalue weighted by Gasteiger charge is -2.24. The van der Waals surface area contributed by atoms with Gasteiger partial charge in [0.2, 0.25) is 0 Å². The maximum Gasteiger partial charge on any atom is 0.346 e. The van der Waals surface area contributed by atoms with Crippen LogP contribution in [0.2, 0.25) is 0 Å². The zero-order valence-electron chi connectivity index (χ0n) is 8.11. The number of urea groups is 1. The lowest BCUT2D eigenvalue weighted by atomic mass is 10.0. The number of fused-ring (bicyclic) bond motifs is 1. The lowest BCUT2D eigenvalue weighted by molar-refractivity contribution is 0.253. The molecule has 2 amide bonds. The van der Waals surface area contributed by atoms with Gasteiger partial charge in [-0.3, -0.25) is 0 Å². The third-order valence-corrected chi connectivity index (χ3v) is 2.23. The van der Waals surface area contributed by atoms with E-state index in [0.717, 1.165) is 5.70 Å². The van der Waals surface area contributed by atoms with Gasteiger partial charge in [-0.15, -0.1) is 0 Å². The summed E-state index contributed by atoms with van der Waals surface area (Å²) in [6.07, 6.45) is 3.64. The number of hydrogen-bond acceptors (Lipinski definition) is 3. The number of rotatable bonds is 1. The van der Waals surface area contributed by atoms with Crippen molar-refractivity contribution in [1.29, 1.82) is 0 Å². The topological polar surface area (TPSA) is 70.7 Å². The molecule has 1 aliphatic carbocycles. The number of hydrogen-bond donors (Lipinski definition) is 2. The molecule has 2 aliphatic rings. The molecule has 0 aromatic rings. The van der Waals surface area contributed by atoms with E-state index < -0.39 is 0 Å². The fraction of sp³-hybridized carbons (Fsp3) is 0.333. The summed E-state index contributed by atoms with van der Waals surface area (Å²) in [5.74, 6) is 0. The van der Waals surface area contributed by atoms with Crippen LogP contribution in [0.25, 0.3) is 0 Å². The number of carbonyl (C=O) groups excluding carboxylic acids is 1. The van der Waals surface area contributed by atoms with Gasteiger partial charge in [0.1, 0.15) is 0 Å². The van der Waals surface area contributed by atoms with E-state index in [9.17, 15) is 4.79 Å². The van der Waals surface area contributed by atoms with Crippen molar-refractivity contribution >= 4 is 11.7 Å². The molecule has 0 spiro atoms. The Morgan fingerprint density at radius 3 is 2.93 bits per heavy atom. The second kappa shape index (κ2) is 2.95. The van der Waals surface area contributed by atoms with Gasteiger partial charge in [0.15, 0.2) is 0 Å². The molecule has 0 saturated heterocycles. The monoisotopic (exact) mass is 192 g/mol. The first-order valence-corrected chi connectivity index (χ1v) is 4.34. The summed E-state index contributed by atoms with van der Waals surface area (Å²) in [6.45, 7) is 0. The Labute approximate surface area is 82.0 Å². The van der Waals surface area contributed by atoms with E-state index in [-0.39, 0.29) is 12.1 Å². The van der Waals surface area contributed by atoms with Gasteiger partial charge in [-0.2, -0.15) is 4.99 Å². The predicted molar refractivity (Wildman–Crippen MR) is 53.8 cm³/mol. The van der Waals surface area contributed by atoms with Crippen LogP contribution < -0.4 is 11.1 Å². The molecular weight excluding hydrogens is 180 g/mol. The maximum atomic E-state index is 11.0. The van der Waals surface area contributed by atoms with E-state index in [1.807, 2.05) is 25.1 Å². The third-order valence-electron chi connectivity index (χ3n) is 2.23. The summed E-state index contributed by atoms with van der Waals surface area (Å²) < 4.78 is 0. The van der Waals surface area contributed by atoms with E-state index >= 15 is 0 Å². The first kappa shape index (κ1) is 8.96. The Balaban J connectivity index is 2.38. The molecule has 0 fully saturated rings. The van der Waals surface area contributed by atoms with Crippen LogP contribution in [0.1, 0.15) is 0 Å². The molecule has 14 heavy (non-hydrogen) atoms. The van der Waals surface area contributed by atoms with E-state index in [0.29, 0.717) is 11.4 Å². The van der Waals surface area contributed by atoms with E-state index in [4.69, 9.17) is 5.73 Å². The van der Waals surface area contributed by atoms with Crippen molar-refractivity contribution in [1.82, 2.24) is 10.2 Å². The molecule has 5 heteroatoms. The fourth-order valence-corrected chi connectivity index (χ4v) is 1.54. The molecule has 0 aromatic heterocycles. The van der Waals surface area contributed by atoms with Crippen molar-refractivity contribution in [3.63, 3.8) is 0 Å². The lowest BCUT2D eigenvalue weighted by Crippen LogP contribution is -2.34. The number of nitrogens with two attached hydrogens (primary N) is 1. The highest BCUT2D eigenvalue weighted by Crippen LogP contribution is 2.18. The number of nitrogens with zero attached hydrogens (tertiary/aromatic N) is 2. The number of allylic oxidation sites excluding steroid dienone is 1. The zero-order valence-corrected chi connectivity index (χ0v) is 8.11. The quantitative estimate of drug-likeness (QED) is 0.605. The van der Waals surface area contributed by atoms with Gasteiger partial charge in [-0.05, 0) is 12.2 Å². The molecule has 0 radical (unpaired) electrons. The average molecular weight is 192 g/mol. The summed E-state index contributed by atoms with van der Waals surface area (Å²) in [7, 11) is 3.82. The highest BCUT2D eigenvalue weighted by atomic mass is 16.2. The SMILES string of the molecule is CN(C)C1=CC2=NC(=O)NC2=CC1N. The molecule has 1 atom stereocenters. The molecule has 1 unspecified atom stereocenters. The second-order valence-electron chi connectivity index (χ2n) is 3.50. The second-order valence-corrected chi connectivity index (χ2v) is 3.50. The predicted octanol–water partition coefficient (Wildman–Crippen LogP) is -0.179. The Kier molecular flexibility index (Phi) is 1.89. The Bertz CT molecular complexity index is 378. The van der Waals surface area contributed by atoms with Crippen LogP contribution in [0, 0.1) is 0 Å². The van der Waals surface area contributed by atoms with Crippen LogP contribution in [0.15, 0.2) is 28.5 Å². The molecule has 5 nitrogen and oxygen atoms in total. The van der Waals surface area contributed by atoms with Crippen molar-refractivity contribution in [3.05, 3.63) is 23.5 Å². The normalized spacial score (nSPS) is 24.6. The minimum atomic E-state index is -0.324. The Morgan fingerprint density at radius 1 is 1.57 bits per heavy atom. The van der Waals surface area contributed by atoms with Crippen LogP contribution >= 0.6 is 0 Å². The maximum absolute atomic E-state index is 11.0. The zero-order chi connectivity index (χ0) is 10.3. The third kappa shape index (κ3) is 1.31. The molecule has 1 heterocycles. The van der Waals surface area contributed by atoms with Crippen molar-refractivity contribution in [2.45, 2.75) is 6.04 Å². The minimum Gasteiger partial charge on any atom is -0.379 e. The van der Waals surface area contributed by atoms with Crippen LogP contribution in [0.4, 0.5) is 4.79 Å². The van der Waals surface area contributed by atoms with Gasteiger partial charge < -0.3 is 16.0 Å². The molecule has 1 aliphatic heterocycles. The number of carbonyl (C=O) groups is 1. The van der Waals surface area contributed by atoms with Gasteiger partial charge in [0, 0.05) is 19.8 Å². The first-order chi connectivity index (χ1) is 6.58. The molecule has 74 valence electrons. The van der Waals surface area contributed by atoms with Gasteiger partial charge in [-0.1, -0.05) is 0 Å². The summed E-state index contributed by atoms with van der Waals surface area (Å²) in [6, 6.07) is -0.507. The smallest absolute Gasteiger partial charge is 0.346 e. The van der Waals surface area contributed by atoms with Crippen LogP contribution in [-0.4, -0.2) is 36.8 Å². The van der Waals surface area contributed by atoms with Crippen molar-refractivity contribution < 1.29 is 4.79 Å². The fourth-order valence-electron chi connectivity index (χ4n) is 1.54. The van der Waals surface area contributed by atoms with Crippen LogP contribution in [-0.2, 0) is 0 Å². The van der Waals surface area contributed by atoms with Crippen LogP contribution in [0.3, 0.4) is 0 Å². The highest BCUT2D eigenvalue weighted by Gasteiger charge is 2.25. The average Bonchev–Trinajstić information content (AvgIpc) is 2.42. The van der Waals surface area contributed by atoms with Crippen molar-refractivity contribution in [3.8, 4) is 0 Å². The highest BCUT2D eigenvalue weighted by molar-refractivity contribution is 6.19. The Hall–Kier alpha value is -1.62. The minimum absolute atomic E-state index is 0.183. The number of nitrogens with one attached hydrogen (secondary N) is 1. The van der Waals surface area contributed by atoms with Gasteiger partial charge in [0.05, 0.1) is 17.5 Å². The van der Waals surface area contributed by atoms with E-state index in [1.165, 1.54) is 0 Å². The van der Waals surface area contributed by atoms with Crippen LogP contribution in [0.5, 0.6) is 0 Å². The van der Waals surface area contributed by atoms with Crippen molar-refractivity contribution in [2.75, 3.05) is 14.1 Å². The van der Waals surface area contributed by atoms with E-state index in [1.54, 1.807) is 6.08 Å². The number of amides is 2. The summed E-state index contributed by atoms with van der Waals surface area (Å²) >= 11 is 0. The molecule has 0 aromatic carbocycles. The molecule has 3 N–H and O–H groups in total. The summed E-state index contributed by atoms with van der Waals surface area (Å²) in [4.78, 5) is 16.7. The van der Waals surface area contributed by atoms with Crippen molar-refractivity contribution in [2.24, 2.45) is 10.7 Å². The number of aliphatic imine (C=N–C) groups is 1. The molecular formula is C9H12N4O.